The maximum atomic E-state index is 11.8. The van der Waals surface area contributed by atoms with Gasteiger partial charge in [0.05, 0.1) is 10.6 Å². The van der Waals surface area contributed by atoms with E-state index < -0.39 is 16.3 Å². The van der Waals surface area contributed by atoms with Gasteiger partial charge in [-0.05, 0) is 19.9 Å². The second kappa shape index (κ2) is 5.20. The van der Waals surface area contributed by atoms with E-state index in [1.54, 1.807) is 13.0 Å². The summed E-state index contributed by atoms with van der Waals surface area (Å²) in [4.78, 5) is 33.3. The van der Waals surface area contributed by atoms with Crippen molar-refractivity contribution in [2.24, 2.45) is 0 Å². The summed E-state index contributed by atoms with van der Waals surface area (Å²) in [5, 5.41) is 20.0. The molecule has 0 amide bonds. The topological polar surface area (TPSA) is 102 Å². The Hall–Kier alpha value is -2.96. The second-order valence-electron chi connectivity index (χ2n) is 4.53. The molecule has 2 aromatic rings. The van der Waals surface area contributed by atoms with E-state index in [-0.39, 0.29) is 16.9 Å². The summed E-state index contributed by atoms with van der Waals surface area (Å²) in [5.74, 6) is -1.32. The average molecular weight is 288 g/mol. The van der Waals surface area contributed by atoms with Gasteiger partial charge in [0, 0.05) is 29.6 Å². The molecule has 0 aliphatic rings. The predicted molar refractivity (Wildman–Crippen MR) is 75.1 cm³/mol. The third-order valence-corrected chi connectivity index (χ3v) is 3.15. The van der Waals surface area contributed by atoms with Gasteiger partial charge in [0.2, 0.25) is 0 Å². The van der Waals surface area contributed by atoms with Crippen molar-refractivity contribution in [3.8, 4) is 5.69 Å². The van der Waals surface area contributed by atoms with E-state index in [2.05, 4.69) is 0 Å². The van der Waals surface area contributed by atoms with Crippen molar-refractivity contribution in [2.45, 2.75) is 13.8 Å². The van der Waals surface area contributed by atoms with Crippen LogP contribution < -0.4 is 5.43 Å². The van der Waals surface area contributed by atoms with Gasteiger partial charge in [-0.2, -0.15) is 0 Å². The monoisotopic (exact) mass is 288 g/mol. The van der Waals surface area contributed by atoms with Gasteiger partial charge in [-0.3, -0.25) is 14.9 Å². The minimum atomic E-state index is -1.32. The number of aromatic nitrogens is 1. The average Bonchev–Trinajstić information content (AvgIpc) is 2.37. The molecule has 1 heterocycles. The number of hydrogen-bond acceptors (Lipinski definition) is 4. The number of aromatic carboxylic acids is 1. The van der Waals surface area contributed by atoms with E-state index in [0.717, 1.165) is 0 Å². The number of nitrogens with zero attached hydrogens (tertiary/aromatic N) is 2. The number of carboxylic acids is 1. The van der Waals surface area contributed by atoms with Crippen LogP contribution in [0.5, 0.6) is 0 Å². The van der Waals surface area contributed by atoms with Crippen LogP contribution in [0, 0.1) is 24.0 Å². The molecule has 0 atom stereocenters. The quantitative estimate of drug-likeness (QED) is 0.687. The molecule has 1 aromatic heterocycles. The molecule has 108 valence electrons. The first kappa shape index (κ1) is 14.4. The van der Waals surface area contributed by atoms with Crippen LogP contribution in [0.2, 0.25) is 0 Å². The minimum Gasteiger partial charge on any atom is -0.477 e. The molecule has 0 aliphatic heterocycles. The Morgan fingerprint density at radius 3 is 2.52 bits per heavy atom. The molecule has 7 nitrogen and oxygen atoms in total. The van der Waals surface area contributed by atoms with Crippen molar-refractivity contribution in [3.63, 3.8) is 0 Å². The molecule has 2 rings (SSSR count). The molecule has 0 spiro atoms. The van der Waals surface area contributed by atoms with E-state index in [9.17, 15) is 19.7 Å². The van der Waals surface area contributed by atoms with Crippen molar-refractivity contribution in [3.05, 3.63) is 67.6 Å². The van der Waals surface area contributed by atoms with E-state index in [0.29, 0.717) is 11.4 Å². The van der Waals surface area contributed by atoms with Gasteiger partial charge in [-0.15, -0.1) is 0 Å². The number of rotatable bonds is 3. The maximum Gasteiger partial charge on any atom is 0.341 e. The lowest BCUT2D eigenvalue weighted by Gasteiger charge is -2.16. The fourth-order valence-electron chi connectivity index (χ4n) is 2.28. The summed E-state index contributed by atoms with van der Waals surface area (Å²) >= 11 is 0. The molecule has 0 unspecified atom stereocenters. The van der Waals surface area contributed by atoms with E-state index in [4.69, 9.17) is 5.11 Å². The molecule has 1 aromatic carbocycles. The Morgan fingerprint density at radius 2 is 1.95 bits per heavy atom. The van der Waals surface area contributed by atoms with Gasteiger partial charge in [0.25, 0.3) is 5.69 Å². The Balaban J connectivity index is 2.78. The number of hydrogen-bond donors (Lipinski definition) is 1. The second-order valence-corrected chi connectivity index (χ2v) is 4.53. The van der Waals surface area contributed by atoms with Crippen molar-refractivity contribution >= 4 is 11.7 Å². The summed E-state index contributed by atoms with van der Waals surface area (Å²) in [6.45, 7) is 3.13. The van der Waals surface area contributed by atoms with Gasteiger partial charge >= 0.3 is 5.97 Å². The van der Waals surface area contributed by atoms with Crippen LogP contribution >= 0.6 is 0 Å². The van der Waals surface area contributed by atoms with Gasteiger partial charge in [-0.1, -0.05) is 6.07 Å². The zero-order valence-electron chi connectivity index (χ0n) is 11.4. The first-order valence-electron chi connectivity index (χ1n) is 6.04. The normalized spacial score (nSPS) is 10.4. The summed E-state index contributed by atoms with van der Waals surface area (Å²) < 4.78 is 1.51. The SMILES string of the molecule is Cc1cc(=O)c(C(=O)O)c(C)n1-c1cccc([N+](=O)[O-])c1. The highest BCUT2D eigenvalue weighted by Gasteiger charge is 2.18. The standard InChI is InChI=1S/C14H12N2O5/c1-8-6-12(17)13(14(18)19)9(2)15(8)10-4-3-5-11(7-10)16(20)21/h3-7H,1-2H3,(H,18,19). The molecule has 0 aliphatic carbocycles. The number of carbonyl (C=O) groups is 1. The smallest absolute Gasteiger partial charge is 0.341 e. The number of pyridine rings is 1. The zero-order chi connectivity index (χ0) is 15.7. The Morgan fingerprint density at radius 1 is 1.29 bits per heavy atom. The van der Waals surface area contributed by atoms with Crippen LogP contribution in [0.25, 0.3) is 5.69 Å². The lowest BCUT2D eigenvalue weighted by molar-refractivity contribution is -0.384. The van der Waals surface area contributed by atoms with E-state index in [1.165, 1.54) is 35.8 Å². The summed E-state index contributed by atoms with van der Waals surface area (Å²) in [7, 11) is 0. The minimum absolute atomic E-state index is 0.109. The van der Waals surface area contributed by atoms with Gasteiger partial charge in [0.15, 0.2) is 5.43 Å². The first-order chi connectivity index (χ1) is 9.82. The number of nitro benzene ring substituents is 1. The lowest BCUT2D eigenvalue weighted by Crippen LogP contribution is -2.22. The molecular formula is C14H12N2O5. The number of non-ortho nitro benzene ring substituents is 1. The van der Waals surface area contributed by atoms with Crippen molar-refractivity contribution < 1.29 is 14.8 Å². The maximum absolute atomic E-state index is 11.8. The number of aryl methyl sites for hydroxylation is 1. The molecule has 21 heavy (non-hydrogen) atoms. The number of carboxylic acid groups (broad SMARTS) is 1. The Bertz CT molecular complexity index is 807. The van der Waals surface area contributed by atoms with Crippen molar-refractivity contribution in [1.29, 1.82) is 0 Å². The summed E-state index contributed by atoms with van der Waals surface area (Å²) in [5.41, 5.74) is 0.130. The Kier molecular flexibility index (Phi) is 3.58. The van der Waals surface area contributed by atoms with Crippen LogP contribution in [0.1, 0.15) is 21.7 Å². The van der Waals surface area contributed by atoms with E-state index in [1.807, 2.05) is 0 Å². The zero-order valence-corrected chi connectivity index (χ0v) is 11.4. The van der Waals surface area contributed by atoms with Gasteiger partial charge in [-0.25, -0.2) is 4.79 Å². The van der Waals surface area contributed by atoms with Crippen LogP contribution in [0.3, 0.4) is 0 Å². The van der Waals surface area contributed by atoms with Crippen LogP contribution in [0.15, 0.2) is 35.1 Å². The van der Waals surface area contributed by atoms with Gasteiger partial charge in [0.1, 0.15) is 5.56 Å². The van der Waals surface area contributed by atoms with Crippen molar-refractivity contribution in [2.75, 3.05) is 0 Å². The number of nitro groups is 1. The third-order valence-electron chi connectivity index (χ3n) is 3.15. The molecule has 0 fully saturated rings. The van der Waals surface area contributed by atoms with Gasteiger partial charge < -0.3 is 9.67 Å². The third kappa shape index (κ3) is 2.53. The molecule has 1 N–H and O–H groups in total. The number of benzene rings is 1. The molecule has 0 radical (unpaired) electrons. The summed E-state index contributed by atoms with van der Waals surface area (Å²) in [6, 6.07) is 6.99. The highest BCUT2D eigenvalue weighted by Crippen LogP contribution is 2.20. The van der Waals surface area contributed by atoms with Crippen LogP contribution in [-0.4, -0.2) is 20.6 Å². The van der Waals surface area contributed by atoms with Crippen LogP contribution in [-0.2, 0) is 0 Å². The van der Waals surface area contributed by atoms with Crippen molar-refractivity contribution in [1.82, 2.24) is 4.57 Å². The Labute approximate surface area is 119 Å². The largest absolute Gasteiger partial charge is 0.477 e. The molecule has 0 saturated heterocycles. The highest BCUT2D eigenvalue weighted by atomic mass is 16.6. The fourth-order valence-corrected chi connectivity index (χ4v) is 2.28. The molecule has 0 bridgehead atoms. The first-order valence-corrected chi connectivity index (χ1v) is 6.04. The molecule has 7 heteroatoms. The lowest BCUT2D eigenvalue weighted by atomic mass is 10.1. The van der Waals surface area contributed by atoms with Crippen LogP contribution in [0.4, 0.5) is 5.69 Å². The highest BCUT2D eigenvalue weighted by molar-refractivity contribution is 5.88. The van der Waals surface area contributed by atoms with E-state index >= 15 is 0 Å². The predicted octanol–water partition coefficient (Wildman–Crippen LogP) is 2.06. The molecular weight excluding hydrogens is 276 g/mol. The molecule has 0 saturated carbocycles. The fraction of sp³-hybridized carbons (Fsp3) is 0.143. The summed E-state index contributed by atoms with van der Waals surface area (Å²) in [6.07, 6.45) is 0.